The number of nitrogens with one attached hydrogen (secondary N) is 2. The fraction of sp³-hybridized carbons (Fsp3) is 0.500. The maximum absolute atomic E-state index is 12.6. The third kappa shape index (κ3) is 3.53. The molecule has 6 heteroatoms. The van der Waals surface area contributed by atoms with E-state index >= 15 is 0 Å². The molecule has 2 aliphatic carbocycles. The Bertz CT molecular complexity index is 824. The molecule has 1 aromatic carbocycles. The Labute approximate surface area is 158 Å². The average molecular weight is 372 g/mol. The summed E-state index contributed by atoms with van der Waals surface area (Å²) in [5, 5.41) is 18.3. The number of rotatable bonds is 7. The molecule has 0 radical (unpaired) electrons. The zero-order valence-electron chi connectivity index (χ0n) is 15.0. The van der Waals surface area contributed by atoms with Crippen LogP contribution in [0.15, 0.2) is 30.3 Å². The number of hydrogen-bond acceptors (Lipinski definition) is 5. The number of nitrogens with zero attached hydrogens (tertiary/aromatic N) is 1. The SMILES string of the molecule is CCSC1CCC1(O)CNc1cc(C(=O)NC2CC2)c2ccccc2n1. The average Bonchev–Trinajstić information content (AvgIpc) is 3.46. The van der Waals surface area contributed by atoms with Crippen molar-refractivity contribution in [3.05, 3.63) is 35.9 Å². The molecule has 2 saturated carbocycles. The van der Waals surface area contributed by atoms with Gasteiger partial charge in [-0.05, 0) is 43.6 Å². The highest BCUT2D eigenvalue weighted by molar-refractivity contribution is 8.00. The molecule has 2 aliphatic rings. The highest BCUT2D eigenvalue weighted by Gasteiger charge is 2.45. The largest absolute Gasteiger partial charge is 0.387 e. The Morgan fingerprint density at radius 2 is 2.15 bits per heavy atom. The van der Waals surface area contributed by atoms with Crippen molar-refractivity contribution in [1.29, 1.82) is 0 Å². The monoisotopic (exact) mass is 371 g/mol. The van der Waals surface area contributed by atoms with Crippen LogP contribution in [-0.4, -0.2) is 45.2 Å². The summed E-state index contributed by atoms with van der Waals surface area (Å²) in [5.74, 6) is 1.60. The lowest BCUT2D eigenvalue weighted by atomic mass is 9.79. The number of thioether (sulfide) groups is 1. The molecule has 0 saturated heterocycles. The first-order valence-electron chi connectivity index (χ1n) is 9.37. The quantitative estimate of drug-likeness (QED) is 0.697. The molecule has 0 spiro atoms. The Balaban J connectivity index is 1.56. The van der Waals surface area contributed by atoms with Crippen LogP contribution in [0.2, 0.25) is 0 Å². The lowest BCUT2D eigenvalue weighted by molar-refractivity contribution is -0.0120. The zero-order valence-corrected chi connectivity index (χ0v) is 15.8. The number of anilines is 1. The summed E-state index contributed by atoms with van der Waals surface area (Å²) in [7, 11) is 0. The van der Waals surface area contributed by atoms with Gasteiger partial charge in [0.15, 0.2) is 0 Å². The fourth-order valence-corrected chi connectivity index (χ4v) is 4.62. The number of aromatic nitrogens is 1. The van der Waals surface area contributed by atoms with Crippen LogP contribution in [0.5, 0.6) is 0 Å². The first kappa shape index (κ1) is 17.6. The van der Waals surface area contributed by atoms with Gasteiger partial charge in [0, 0.05) is 23.2 Å². The van der Waals surface area contributed by atoms with Crippen molar-refractivity contribution in [2.75, 3.05) is 17.6 Å². The van der Waals surface area contributed by atoms with Crippen LogP contribution in [0.25, 0.3) is 10.9 Å². The normalized spacial score (nSPS) is 24.9. The topological polar surface area (TPSA) is 74.2 Å². The molecule has 0 bridgehead atoms. The molecular formula is C20H25N3O2S. The smallest absolute Gasteiger partial charge is 0.252 e. The molecule has 5 nitrogen and oxygen atoms in total. The standard InChI is InChI=1S/C20H25N3O2S/c1-2-26-17-9-10-20(17,25)12-21-18-11-15(19(24)22-13-7-8-13)14-5-3-4-6-16(14)23-18/h3-6,11,13,17,25H,2,7-10,12H2,1H3,(H,21,23)(H,22,24). The van der Waals surface area contributed by atoms with E-state index in [1.807, 2.05) is 42.1 Å². The minimum atomic E-state index is -0.690. The van der Waals surface area contributed by atoms with E-state index in [4.69, 9.17) is 0 Å². The van der Waals surface area contributed by atoms with Gasteiger partial charge in [-0.3, -0.25) is 4.79 Å². The van der Waals surface area contributed by atoms with Crippen LogP contribution in [-0.2, 0) is 0 Å². The van der Waals surface area contributed by atoms with E-state index in [-0.39, 0.29) is 11.2 Å². The van der Waals surface area contributed by atoms with Gasteiger partial charge >= 0.3 is 0 Å². The van der Waals surface area contributed by atoms with Crippen molar-refractivity contribution < 1.29 is 9.90 Å². The molecular weight excluding hydrogens is 346 g/mol. The van der Waals surface area contributed by atoms with E-state index in [1.165, 1.54) is 0 Å². The van der Waals surface area contributed by atoms with Crippen LogP contribution in [0.3, 0.4) is 0 Å². The molecule has 2 aromatic rings. The maximum Gasteiger partial charge on any atom is 0.252 e. The van der Waals surface area contributed by atoms with Crippen molar-refractivity contribution in [2.45, 2.75) is 49.5 Å². The minimum Gasteiger partial charge on any atom is -0.387 e. The van der Waals surface area contributed by atoms with E-state index in [0.717, 1.165) is 42.3 Å². The van der Waals surface area contributed by atoms with Crippen molar-refractivity contribution in [2.24, 2.45) is 0 Å². The number of benzene rings is 1. The second kappa shape index (κ2) is 7.08. The van der Waals surface area contributed by atoms with E-state index in [0.29, 0.717) is 24.0 Å². The first-order valence-corrected chi connectivity index (χ1v) is 10.4. The van der Waals surface area contributed by atoms with Crippen molar-refractivity contribution in [3.63, 3.8) is 0 Å². The van der Waals surface area contributed by atoms with Gasteiger partial charge in [-0.25, -0.2) is 4.98 Å². The van der Waals surface area contributed by atoms with Gasteiger partial charge in [-0.1, -0.05) is 25.1 Å². The van der Waals surface area contributed by atoms with Gasteiger partial charge in [0.25, 0.3) is 5.91 Å². The number of carbonyl (C=O) groups is 1. The molecule has 4 rings (SSSR count). The molecule has 26 heavy (non-hydrogen) atoms. The lowest BCUT2D eigenvalue weighted by Crippen LogP contribution is -2.54. The predicted molar refractivity (Wildman–Crippen MR) is 107 cm³/mol. The Morgan fingerprint density at radius 3 is 2.85 bits per heavy atom. The first-order chi connectivity index (χ1) is 12.6. The van der Waals surface area contributed by atoms with Crippen LogP contribution in [0.4, 0.5) is 5.82 Å². The number of amides is 1. The predicted octanol–water partition coefficient (Wildman–Crippen LogP) is 3.19. The fourth-order valence-electron chi connectivity index (χ4n) is 3.43. The molecule has 2 atom stereocenters. The van der Waals surface area contributed by atoms with Crippen molar-refractivity contribution >= 4 is 34.4 Å². The third-order valence-electron chi connectivity index (χ3n) is 5.26. The number of carbonyl (C=O) groups excluding carboxylic acids is 1. The molecule has 1 aromatic heterocycles. The molecule has 2 fully saturated rings. The number of para-hydroxylation sites is 1. The maximum atomic E-state index is 12.6. The second-order valence-electron chi connectivity index (χ2n) is 7.26. The number of fused-ring (bicyclic) bond motifs is 1. The summed E-state index contributed by atoms with van der Waals surface area (Å²) >= 11 is 1.81. The van der Waals surface area contributed by atoms with Gasteiger partial charge < -0.3 is 15.7 Å². The molecule has 1 amide bonds. The molecule has 1 heterocycles. The molecule has 3 N–H and O–H groups in total. The Kier molecular flexibility index (Phi) is 4.80. The van der Waals surface area contributed by atoms with Crippen LogP contribution in [0, 0.1) is 0 Å². The zero-order chi connectivity index (χ0) is 18.1. The number of pyridine rings is 1. The van der Waals surface area contributed by atoms with Gasteiger partial charge in [0.1, 0.15) is 5.82 Å². The van der Waals surface area contributed by atoms with Gasteiger partial charge in [-0.15, -0.1) is 0 Å². The summed E-state index contributed by atoms with van der Waals surface area (Å²) in [6.07, 6.45) is 3.98. The van der Waals surface area contributed by atoms with E-state index in [2.05, 4.69) is 22.5 Å². The van der Waals surface area contributed by atoms with Crippen LogP contribution in [0.1, 0.15) is 43.0 Å². The van der Waals surface area contributed by atoms with Crippen LogP contribution >= 0.6 is 11.8 Å². The Morgan fingerprint density at radius 1 is 1.35 bits per heavy atom. The summed E-state index contributed by atoms with van der Waals surface area (Å²) in [6, 6.07) is 9.82. The van der Waals surface area contributed by atoms with E-state index in [9.17, 15) is 9.90 Å². The Hall–Kier alpha value is -1.79. The van der Waals surface area contributed by atoms with Gasteiger partial charge in [0.2, 0.25) is 0 Å². The van der Waals surface area contributed by atoms with E-state index in [1.54, 1.807) is 0 Å². The summed E-state index contributed by atoms with van der Waals surface area (Å²) in [5.41, 5.74) is 0.744. The van der Waals surface area contributed by atoms with Gasteiger partial charge in [0.05, 0.1) is 16.7 Å². The summed E-state index contributed by atoms with van der Waals surface area (Å²) < 4.78 is 0. The molecule has 0 aliphatic heterocycles. The van der Waals surface area contributed by atoms with Crippen molar-refractivity contribution in [3.8, 4) is 0 Å². The lowest BCUT2D eigenvalue weighted by Gasteiger charge is -2.45. The second-order valence-corrected chi connectivity index (χ2v) is 8.74. The number of aliphatic hydroxyl groups is 1. The summed E-state index contributed by atoms with van der Waals surface area (Å²) in [4.78, 5) is 17.3. The minimum absolute atomic E-state index is 0.0454. The number of hydrogen-bond donors (Lipinski definition) is 3. The molecule has 138 valence electrons. The van der Waals surface area contributed by atoms with Crippen molar-refractivity contribution in [1.82, 2.24) is 10.3 Å². The van der Waals surface area contributed by atoms with Crippen LogP contribution < -0.4 is 10.6 Å². The van der Waals surface area contributed by atoms with E-state index < -0.39 is 5.60 Å². The van der Waals surface area contributed by atoms with Gasteiger partial charge in [-0.2, -0.15) is 11.8 Å². The summed E-state index contributed by atoms with van der Waals surface area (Å²) in [6.45, 7) is 2.58. The third-order valence-corrected chi connectivity index (χ3v) is 6.67. The highest BCUT2D eigenvalue weighted by atomic mass is 32.2. The molecule has 2 unspecified atom stereocenters. The highest BCUT2D eigenvalue weighted by Crippen LogP contribution is 2.41.